The monoisotopic (exact) mass is 466 g/mol. The predicted molar refractivity (Wildman–Crippen MR) is 113 cm³/mol. The van der Waals surface area contributed by atoms with Gasteiger partial charge in [-0.3, -0.25) is 4.90 Å². The smallest absolute Gasteiger partial charge is 0.414 e. The maximum Gasteiger partial charge on any atom is 0.414 e. The molecule has 0 aliphatic carbocycles. The molecule has 0 saturated carbocycles. The molecule has 174 valence electrons. The SMILES string of the molecule is CC1OC(c2cc(-c3ccn(-c4ccc(N5C[C@H](Cn6ccnn6)OC5=O)cc4F)c3)no2)O1. The van der Waals surface area contributed by atoms with E-state index in [1.54, 1.807) is 65.2 Å². The molecule has 0 spiro atoms. The lowest BCUT2D eigenvalue weighted by atomic mass is 10.2. The summed E-state index contributed by atoms with van der Waals surface area (Å²) in [5.41, 5.74) is 2.06. The zero-order valence-electron chi connectivity index (χ0n) is 17.9. The number of hydrogen-bond acceptors (Lipinski definition) is 8. The molecule has 6 rings (SSSR count). The molecular formula is C22H19FN6O5. The van der Waals surface area contributed by atoms with Gasteiger partial charge in [-0.1, -0.05) is 10.4 Å². The van der Waals surface area contributed by atoms with Crippen molar-refractivity contribution in [3.05, 3.63) is 66.7 Å². The Bertz CT molecular complexity index is 1330. The van der Waals surface area contributed by atoms with Crippen LogP contribution in [-0.2, 0) is 20.8 Å². The highest BCUT2D eigenvalue weighted by Crippen LogP contribution is 2.34. The topological polar surface area (TPSA) is 110 Å². The number of rotatable bonds is 6. The van der Waals surface area contributed by atoms with Crippen LogP contribution in [0.2, 0.25) is 0 Å². The number of benzene rings is 1. The fourth-order valence-electron chi connectivity index (χ4n) is 3.97. The third-order valence-electron chi connectivity index (χ3n) is 5.64. The Balaban J connectivity index is 1.17. The summed E-state index contributed by atoms with van der Waals surface area (Å²) in [5.74, 6) is -0.0192. The highest BCUT2D eigenvalue weighted by atomic mass is 19.1. The van der Waals surface area contributed by atoms with Crippen LogP contribution in [0.3, 0.4) is 0 Å². The minimum Gasteiger partial charge on any atom is -0.442 e. The Hall–Kier alpha value is -4.03. The van der Waals surface area contributed by atoms with E-state index in [0.717, 1.165) is 5.56 Å². The number of nitrogens with zero attached hydrogens (tertiary/aromatic N) is 6. The number of aromatic nitrogens is 5. The molecule has 3 aromatic heterocycles. The van der Waals surface area contributed by atoms with Crippen LogP contribution in [0.1, 0.15) is 19.0 Å². The number of carbonyl (C=O) groups is 1. The first-order valence-electron chi connectivity index (χ1n) is 10.6. The molecule has 0 radical (unpaired) electrons. The number of cyclic esters (lactones) is 1. The lowest BCUT2D eigenvalue weighted by Crippen LogP contribution is -2.31. The summed E-state index contributed by atoms with van der Waals surface area (Å²) < 4.78 is 39.7. The predicted octanol–water partition coefficient (Wildman–Crippen LogP) is 3.28. The Labute approximate surface area is 192 Å². The van der Waals surface area contributed by atoms with E-state index in [4.69, 9.17) is 18.7 Å². The summed E-state index contributed by atoms with van der Waals surface area (Å²) in [6.07, 6.45) is 4.93. The van der Waals surface area contributed by atoms with Crippen LogP contribution in [0.5, 0.6) is 0 Å². The van der Waals surface area contributed by atoms with Crippen LogP contribution >= 0.6 is 0 Å². The zero-order valence-corrected chi connectivity index (χ0v) is 17.9. The average molecular weight is 466 g/mol. The molecule has 0 N–H and O–H groups in total. The Kier molecular flexibility index (Phi) is 4.89. The minimum atomic E-state index is -0.559. The molecule has 12 heteroatoms. The molecule has 1 aromatic carbocycles. The van der Waals surface area contributed by atoms with E-state index >= 15 is 4.39 Å². The van der Waals surface area contributed by atoms with E-state index in [9.17, 15) is 4.79 Å². The van der Waals surface area contributed by atoms with Gasteiger partial charge in [-0.05, 0) is 31.2 Å². The molecule has 2 saturated heterocycles. The molecule has 2 aliphatic rings. The summed E-state index contributed by atoms with van der Waals surface area (Å²) in [6, 6.07) is 8.13. The van der Waals surface area contributed by atoms with Gasteiger partial charge >= 0.3 is 6.09 Å². The van der Waals surface area contributed by atoms with Crippen LogP contribution in [0.15, 0.2) is 59.6 Å². The van der Waals surface area contributed by atoms with Gasteiger partial charge in [-0.25, -0.2) is 13.9 Å². The van der Waals surface area contributed by atoms with Gasteiger partial charge in [0.2, 0.25) is 6.29 Å². The number of halogens is 1. The molecular weight excluding hydrogens is 447 g/mol. The lowest BCUT2D eigenvalue weighted by Gasteiger charge is -2.31. The zero-order chi connectivity index (χ0) is 23.2. The molecule has 2 fully saturated rings. The molecule has 0 bridgehead atoms. The Morgan fingerprint density at radius 2 is 2.06 bits per heavy atom. The van der Waals surface area contributed by atoms with E-state index in [1.807, 2.05) is 0 Å². The molecule has 4 aromatic rings. The van der Waals surface area contributed by atoms with Gasteiger partial charge in [-0.2, -0.15) is 0 Å². The fourth-order valence-corrected chi connectivity index (χ4v) is 3.97. The van der Waals surface area contributed by atoms with Crippen molar-refractivity contribution in [2.75, 3.05) is 11.4 Å². The third kappa shape index (κ3) is 3.72. The lowest BCUT2D eigenvalue weighted by molar-refractivity contribution is -0.388. The van der Waals surface area contributed by atoms with Gasteiger partial charge in [0.25, 0.3) is 0 Å². The van der Waals surface area contributed by atoms with E-state index in [2.05, 4.69) is 15.5 Å². The summed E-state index contributed by atoms with van der Waals surface area (Å²) in [7, 11) is 0. The van der Waals surface area contributed by atoms with Crippen LogP contribution in [0.25, 0.3) is 16.9 Å². The van der Waals surface area contributed by atoms with Crippen LogP contribution in [0, 0.1) is 5.82 Å². The van der Waals surface area contributed by atoms with Crippen molar-refractivity contribution < 1.29 is 27.9 Å². The van der Waals surface area contributed by atoms with E-state index in [-0.39, 0.29) is 12.8 Å². The fraction of sp³-hybridized carbons (Fsp3) is 0.273. The first-order chi connectivity index (χ1) is 16.5. The molecule has 34 heavy (non-hydrogen) atoms. The summed E-state index contributed by atoms with van der Waals surface area (Å²) >= 11 is 0. The highest BCUT2D eigenvalue weighted by Gasteiger charge is 2.34. The average Bonchev–Trinajstić information content (AvgIpc) is 3.59. The van der Waals surface area contributed by atoms with Crippen molar-refractivity contribution in [2.45, 2.75) is 32.2 Å². The summed E-state index contributed by atoms with van der Waals surface area (Å²) in [6.45, 7) is 2.45. The molecule has 5 heterocycles. The van der Waals surface area contributed by atoms with Crippen LogP contribution < -0.4 is 4.90 Å². The maximum absolute atomic E-state index is 15.0. The minimum absolute atomic E-state index is 0.271. The normalized spacial score (nSPS) is 22.1. The molecule has 0 unspecified atom stereocenters. The quantitative estimate of drug-likeness (QED) is 0.426. The maximum atomic E-state index is 15.0. The standard InChI is InChI=1S/C22H19FN6O5/c1-13-31-21(32-13)20-9-18(25-34-20)14-4-6-27(10-14)19-3-2-15(8-17(19)23)29-12-16(33-22(29)30)11-28-7-5-24-26-28/h2-10,13,16,21H,11-12H2,1H3/t13?,16-,21?/m0/s1. The molecule has 1 amide bonds. The van der Waals surface area contributed by atoms with Crippen molar-refractivity contribution in [3.63, 3.8) is 0 Å². The van der Waals surface area contributed by atoms with Crippen molar-refractivity contribution in [3.8, 4) is 16.9 Å². The van der Waals surface area contributed by atoms with Gasteiger partial charge in [0.15, 0.2) is 12.1 Å². The molecule has 1 atom stereocenters. The Morgan fingerprint density at radius 1 is 1.18 bits per heavy atom. The molecule has 11 nitrogen and oxygen atoms in total. The van der Waals surface area contributed by atoms with Crippen LogP contribution in [-0.4, -0.2) is 49.7 Å². The number of anilines is 1. The van der Waals surface area contributed by atoms with Crippen molar-refractivity contribution in [1.29, 1.82) is 0 Å². The van der Waals surface area contributed by atoms with Gasteiger partial charge < -0.3 is 23.3 Å². The van der Waals surface area contributed by atoms with Crippen molar-refractivity contribution in [1.82, 2.24) is 24.7 Å². The third-order valence-corrected chi connectivity index (χ3v) is 5.64. The first-order valence-corrected chi connectivity index (χ1v) is 10.6. The van der Waals surface area contributed by atoms with Gasteiger partial charge in [0, 0.05) is 30.2 Å². The number of hydrogen-bond donors (Lipinski definition) is 0. The number of amides is 1. The Morgan fingerprint density at radius 3 is 2.82 bits per heavy atom. The van der Waals surface area contributed by atoms with Gasteiger partial charge in [0.05, 0.1) is 30.7 Å². The second-order valence-corrected chi connectivity index (χ2v) is 7.97. The molecule has 2 aliphatic heterocycles. The summed E-state index contributed by atoms with van der Waals surface area (Å²) in [4.78, 5) is 13.7. The number of ether oxygens (including phenoxy) is 3. The van der Waals surface area contributed by atoms with E-state index in [0.29, 0.717) is 29.4 Å². The van der Waals surface area contributed by atoms with E-state index < -0.39 is 24.3 Å². The summed E-state index contributed by atoms with van der Waals surface area (Å²) in [5, 5.41) is 11.7. The van der Waals surface area contributed by atoms with Gasteiger partial charge in [-0.15, -0.1) is 5.10 Å². The number of carbonyl (C=O) groups excluding carboxylic acids is 1. The first kappa shape index (κ1) is 20.6. The van der Waals surface area contributed by atoms with Crippen molar-refractivity contribution >= 4 is 11.8 Å². The van der Waals surface area contributed by atoms with E-state index in [1.165, 1.54) is 11.0 Å². The van der Waals surface area contributed by atoms with Gasteiger partial charge in [0.1, 0.15) is 17.6 Å². The van der Waals surface area contributed by atoms with Crippen LogP contribution in [0.4, 0.5) is 14.9 Å². The van der Waals surface area contributed by atoms with Crippen molar-refractivity contribution in [2.24, 2.45) is 0 Å². The largest absolute Gasteiger partial charge is 0.442 e. The second kappa shape index (κ2) is 8.08. The highest BCUT2D eigenvalue weighted by molar-refractivity contribution is 5.89. The second-order valence-electron chi connectivity index (χ2n) is 7.97.